The highest BCUT2D eigenvalue weighted by molar-refractivity contribution is 5.82. The maximum Gasteiger partial charge on any atom is 0.149 e. The minimum Gasteiger partial charge on any atom is -0.390 e. The zero-order valence-electron chi connectivity index (χ0n) is 16.0. The molecule has 6 nitrogen and oxygen atoms in total. The Morgan fingerprint density at radius 2 is 2.00 bits per heavy atom. The number of piperidine rings is 1. The van der Waals surface area contributed by atoms with Crippen molar-refractivity contribution in [3.63, 3.8) is 0 Å². The van der Waals surface area contributed by atoms with Crippen LogP contribution >= 0.6 is 0 Å². The van der Waals surface area contributed by atoms with E-state index < -0.39 is 0 Å². The number of hydrogen-bond donors (Lipinski definition) is 1. The molecule has 1 unspecified atom stereocenters. The number of allylic oxidation sites excluding steroid dienone is 1. The second-order valence-electron chi connectivity index (χ2n) is 7.34. The second-order valence-corrected chi connectivity index (χ2v) is 7.34. The quantitative estimate of drug-likeness (QED) is 0.891. The topological polar surface area (TPSA) is 45.6 Å². The molecule has 2 aliphatic heterocycles. The van der Waals surface area contributed by atoms with Gasteiger partial charge in [0.1, 0.15) is 5.76 Å². The van der Waals surface area contributed by atoms with Gasteiger partial charge >= 0.3 is 0 Å². The summed E-state index contributed by atoms with van der Waals surface area (Å²) < 4.78 is 0. The number of nitrogens with one attached hydrogen (secondary N) is 1. The van der Waals surface area contributed by atoms with Crippen LogP contribution in [-0.2, 0) is 11.3 Å². The van der Waals surface area contributed by atoms with E-state index in [1.807, 2.05) is 16.0 Å². The highest BCUT2D eigenvalue weighted by atomic mass is 16.7. The van der Waals surface area contributed by atoms with Crippen LogP contribution in [-0.4, -0.2) is 33.9 Å². The molecule has 26 heavy (non-hydrogen) atoms. The zero-order chi connectivity index (χ0) is 18.1. The summed E-state index contributed by atoms with van der Waals surface area (Å²) in [5.74, 6) is 1.49. The molecule has 0 radical (unpaired) electrons. The van der Waals surface area contributed by atoms with Crippen LogP contribution in [0.5, 0.6) is 0 Å². The zero-order valence-corrected chi connectivity index (χ0v) is 16.0. The molecule has 2 aromatic rings. The van der Waals surface area contributed by atoms with Crippen molar-refractivity contribution in [2.75, 3.05) is 18.2 Å². The lowest BCUT2D eigenvalue weighted by Gasteiger charge is -2.35. The van der Waals surface area contributed by atoms with Crippen molar-refractivity contribution < 1.29 is 4.84 Å². The van der Waals surface area contributed by atoms with E-state index in [9.17, 15) is 0 Å². The molecule has 1 fully saturated rings. The van der Waals surface area contributed by atoms with Crippen molar-refractivity contribution in [2.45, 2.75) is 52.5 Å². The molecular weight excluding hydrogens is 326 g/mol. The number of aromatic nitrogens is 2. The summed E-state index contributed by atoms with van der Waals surface area (Å²) in [6.07, 6.45) is 6.47. The molecule has 2 aliphatic rings. The lowest BCUT2D eigenvalue weighted by atomic mass is 9.94. The number of aryl methyl sites for hydroxylation is 1. The summed E-state index contributed by atoms with van der Waals surface area (Å²) in [7, 11) is 0. The highest BCUT2D eigenvalue weighted by Crippen LogP contribution is 2.29. The Hall–Kier alpha value is -2.05. The highest BCUT2D eigenvalue weighted by Gasteiger charge is 2.29. The average molecular weight is 355 g/mol. The Bertz CT molecular complexity index is 791. The molecule has 1 aromatic carbocycles. The summed E-state index contributed by atoms with van der Waals surface area (Å²) >= 11 is 0. The second kappa shape index (κ2) is 7.29. The van der Waals surface area contributed by atoms with E-state index in [2.05, 4.69) is 55.7 Å². The molecule has 0 aliphatic carbocycles. The average Bonchev–Trinajstić information content (AvgIpc) is 3.32. The van der Waals surface area contributed by atoms with E-state index in [1.165, 1.54) is 11.8 Å². The van der Waals surface area contributed by atoms with Crippen LogP contribution in [0.15, 0.2) is 36.2 Å². The van der Waals surface area contributed by atoms with Crippen molar-refractivity contribution in [1.29, 1.82) is 0 Å². The van der Waals surface area contributed by atoms with Crippen LogP contribution in [0.4, 0.5) is 0 Å². The molecule has 0 bridgehead atoms. The first-order valence-corrected chi connectivity index (χ1v) is 9.85. The molecule has 1 atom stereocenters. The van der Waals surface area contributed by atoms with Crippen LogP contribution in [0.2, 0.25) is 0 Å². The fourth-order valence-electron chi connectivity index (χ4n) is 3.98. The fraction of sp³-hybridized carbons (Fsp3) is 0.550. The van der Waals surface area contributed by atoms with E-state index in [4.69, 9.17) is 9.94 Å². The molecular formula is C20H29N5O. The van der Waals surface area contributed by atoms with Gasteiger partial charge in [0.25, 0.3) is 0 Å². The molecule has 4 rings (SSSR count). The molecule has 0 saturated carbocycles. The van der Waals surface area contributed by atoms with Gasteiger partial charge in [0.2, 0.25) is 0 Å². The molecule has 3 heterocycles. The Labute approximate surface area is 155 Å². The Morgan fingerprint density at radius 1 is 1.23 bits per heavy atom. The van der Waals surface area contributed by atoms with E-state index in [0.717, 1.165) is 49.3 Å². The molecule has 0 spiro atoms. The molecule has 6 heteroatoms. The van der Waals surface area contributed by atoms with E-state index in [-0.39, 0.29) is 0 Å². The first-order valence-electron chi connectivity index (χ1n) is 9.85. The molecule has 1 N–H and O–H groups in total. The van der Waals surface area contributed by atoms with E-state index in [0.29, 0.717) is 12.0 Å². The van der Waals surface area contributed by atoms with Gasteiger partial charge in [-0.2, -0.15) is 15.0 Å². The third kappa shape index (κ3) is 3.08. The van der Waals surface area contributed by atoms with Gasteiger partial charge < -0.3 is 9.74 Å². The predicted octanol–water partition coefficient (Wildman–Crippen LogP) is 3.34. The maximum atomic E-state index is 5.83. The Kier molecular flexibility index (Phi) is 4.87. The number of hydrogen-bond acceptors (Lipinski definition) is 5. The number of fused-ring (bicyclic) bond motifs is 1. The monoisotopic (exact) mass is 355 g/mol. The minimum atomic E-state index is 0.472. The third-order valence-electron chi connectivity index (χ3n) is 5.84. The summed E-state index contributed by atoms with van der Waals surface area (Å²) in [6.45, 7) is 9.01. The largest absolute Gasteiger partial charge is 0.390 e. The molecule has 0 amide bonds. The van der Waals surface area contributed by atoms with Gasteiger partial charge in [0.05, 0.1) is 17.4 Å². The number of nitrogens with zero attached hydrogens (tertiary/aromatic N) is 4. The van der Waals surface area contributed by atoms with E-state index in [1.54, 1.807) is 0 Å². The Balaban J connectivity index is 1.51. The molecule has 140 valence electrons. The van der Waals surface area contributed by atoms with Gasteiger partial charge in [-0.05, 0) is 57.4 Å². The van der Waals surface area contributed by atoms with Crippen molar-refractivity contribution in [3.05, 3.63) is 41.9 Å². The summed E-state index contributed by atoms with van der Waals surface area (Å²) in [6, 6.07) is 9.01. The van der Waals surface area contributed by atoms with Gasteiger partial charge in [-0.25, -0.2) is 0 Å². The van der Waals surface area contributed by atoms with Crippen LogP contribution in [0.1, 0.15) is 45.7 Å². The van der Waals surface area contributed by atoms with Crippen molar-refractivity contribution in [3.8, 4) is 0 Å². The van der Waals surface area contributed by atoms with Crippen LogP contribution in [0, 0.1) is 5.92 Å². The lowest BCUT2D eigenvalue weighted by molar-refractivity contribution is 0.0670. The summed E-state index contributed by atoms with van der Waals surface area (Å²) in [5, 5.41) is 7.82. The maximum absolute atomic E-state index is 5.83. The SMILES string of the molecule is CCc1nn(N2C=C(C3CCN(C(C)CC)CC3)ON2)c2ccccc12. The first kappa shape index (κ1) is 17.4. The van der Waals surface area contributed by atoms with Gasteiger partial charge in [-0.15, -0.1) is 0 Å². The van der Waals surface area contributed by atoms with Gasteiger partial charge in [-0.3, -0.25) is 0 Å². The fourth-order valence-corrected chi connectivity index (χ4v) is 3.98. The standard InChI is InChI=1S/C20H29N5O/c1-4-15(3)23-12-10-16(11-13-23)20-14-24(22-26-20)25-19-9-7-6-8-17(19)18(5-2)21-25/h6-9,14-16,22H,4-5,10-13H2,1-3H3. The van der Waals surface area contributed by atoms with Crippen LogP contribution < -0.4 is 10.7 Å². The van der Waals surface area contributed by atoms with Gasteiger partial charge in [0.15, 0.2) is 0 Å². The van der Waals surface area contributed by atoms with Crippen molar-refractivity contribution in [1.82, 2.24) is 20.4 Å². The van der Waals surface area contributed by atoms with E-state index >= 15 is 0 Å². The normalized spacial score (nSPS) is 20.4. The first-order chi connectivity index (χ1) is 12.7. The number of hydrazine groups is 1. The smallest absolute Gasteiger partial charge is 0.149 e. The van der Waals surface area contributed by atoms with Gasteiger partial charge in [-0.1, -0.05) is 32.0 Å². The van der Waals surface area contributed by atoms with Crippen LogP contribution in [0.25, 0.3) is 10.9 Å². The van der Waals surface area contributed by atoms with Crippen molar-refractivity contribution in [2.24, 2.45) is 5.92 Å². The number of para-hydroxylation sites is 1. The van der Waals surface area contributed by atoms with Crippen LogP contribution in [0.3, 0.4) is 0 Å². The Morgan fingerprint density at radius 3 is 2.73 bits per heavy atom. The molecule has 1 aromatic heterocycles. The number of benzene rings is 1. The number of likely N-dealkylation sites (tertiary alicyclic amines) is 1. The summed E-state index contributed by atoms with van der Waals surface area (Å²) in [5.41, 5.74) is 5.21. The summed E-state index contributed by atoms with van der Waals surface area (Å²) in [4.78, 5) is 10.3. The van der Waals surface area contributed by atoms with Crippen molar-refractivity contribution >= 4 is 10.9 Å². The third-order valence-corrected chi connectivity index (χ3v) is 5.84. The number of rotatable bonds is 5. The molecule has 1 saturated heterocycles. The predicted molar refractivity (Wildman–Crippen MR) is 104 cm³/mol. The lowest BCUT2D eigenvalue weighted by Crippen LogP contribution is -2.40. The van der Waals surface area contributed by atoms with Gasteiger partial charge in [0, 0.05) is 17.3 Å². The minimum absolute atomic E-state index is 0.472.